The summed E-state index contributed by atoms with van der Waals surface area (Å²) in [5.41, 5.74) is 0.833. The molecule has 1 radical (unpaired) electrons. The van der Waals surface area contributed by atoms with E-state index in [-0.39, 0.29) is 0 Å². The van der Waals surface area contributed by atoms with Crippen molar-refractivity contribution in [3.63, 3.8) is 0 Å². The highest BCUT2D eigenvalue weighted by molar-refractivity contribution is 4.95. The summed E-state index contributed by atoms with van der Waals surface area (Å²) in [5.74, 6) is 0. The predicted molar refractivity (Wildman–Crippen MR) is 25.5 cm³/mol. The van der Waals surface area contributed by atoms with Gasteiger partial charge < -0.3 is 0 Å². The second-order valence-corrected chi connectivity index (χ2v) is 1.35. The molecule has 0 aromatic carbocycles. The van der Waals surface area contributed by atoms with Crippen molar-refractivity contribution in [1.29, 1.82) is 0 Å². The van der Waals surface area contributed by atoms with Crippen molar-refractivity contribution in [1.82, 2.24) is 15.0 Å². The normalized spacial score (nSPS) is 9.43. The quantitative estimate of drug-likeness (QED) is 0.455. The highest BCUT2D eigenvalue weighted by Crippen LogP contribution is 1.84. The zero-order valence-electron chi connectivity index (χ0n) is 4.13. The summed E-state index contributed by atoms with van der Waals surface area (Å²) in [6.45, 7) is 3.62. The molecule has 3 heteroatoms. The molecule has 0 unspecified atom stereocenters. The molecule has 0 atom stereocenters. The van der Waals surface area contributed by atoms with E-state index in [0.29, 0.717) is 0 Å². The summed E-state index contributed by atoms with van der Waals surface area (Å²) in [7, 11) is 1.80. The van der Waals surface area contributed by atoms with E-state index in [1.165, 1.54) is 0 Å². The largest absolute Gasteiger partial charge is 0.252 e. The van der Waals surface area contributed by atoms with Gasteiger partial charge in [-0.2, -0.15) is 0 Å². The first-order valence-corrected chi connectivity index (χ1v) is 1.97. The summed E-state index contributed by atoms with van der Waals surface area (Å²) in [4.78, 5) is 0. The molecule has 37 valence electrons. The molecule has 0 aliphatic carbocycles. The van der Waals surface area contributed by atoms with Gasteiger partial charge in [-0.3, -0.25) is 4.68 Å². The number of aryl methyl sites for hydroxylation is 1. The smallest absolute Gasteiger partial charge is 0.0725 e. The summed E-state index contributed by atoms with van der Waals surface area (Å²) in [6.07, 6.45) is 1.61. The van der Waals surface area contributed by atoms with Gasteiger partial charge in [0, 0.05) is 7.05 Å². The number of aromatic nitrogens is 3. The zero-order chi connectivity index (χ0) is 5.28. The van der Waals surface area contributed by atoms with Crippen molar-refractivity contribution in [2.45, 2.75) is 0 Å². The van der Waals surface area contributed by atoms with Gasteiger partial charge in [0.05, 0.1) is 11.9 Å². The standard InChI is InChI=1S/C4H6N3/c1-4-3-5-6-7(4)2/h3H,1H2,2H3. The van der Waals surface area contributed by atoms with Crippen molar-refractivity contribution in [3.8, 4) is 0 Å². The first-order chi connectivity index (χ1) is 3.30. The predicted octanol–water partition coefficient (Wildman–Crippen LogP) is -0.00271. The zero-order valence-corrected chi connectivity index (χ0v) is 4.13. The van der Waals surface area contributed by atoms with Crippen LogP contribution in [0.3, 0.4) is 0 Å². The molecule has 3 nitrogen and oxygen atoms in total. The molecule has 0 N–H and O–H groups in total. The topological polar surface area (TPSA) is 30.7 Å². The minimum Gasteiger partial charge on any atom is -0.252 e. The molecule has 1 aromatic heterocycles. The van der Waals surface area contributed by atoms with Gasteiger partial charge in [-0.15, -0.1) is 5.10 Å². The molecule has 1 rings (SSSR count). The highest BCUT2D eigenvalue weighted by Gasteiger charge is 1.85. The molecule has 0 saturated carbocycles. The lowest BCUT2D eigenvalue weighted by molar-refractivity contribution is 0.705. The first-order valence-electron chi connectivity index (χ1n) is 1.97. The fourth-order valence-electron chi connectivity index (χ4n) is 0.311. The van der Waals surface area contributed by atoms with Crippen LogP contribution in [-0.4, -0.2) is 15.0 Å². The molecular weight excluding hydrogens is 90.1 g/mol. The van der Waals surface area contributed by atoms with E-state index in [1.54, 1.807) is 17.9 Å². The molecule has 1 heterocycles. The van der Waals surface area contributed by atoms with E-state index < -0.39 is 0 Å². The number of rotatable bonds is 0. The van der Waals surface area contributed by atoms with Gasteiger partial charge in [0.15, 0.2) is 0 Å². The van der Waals surface area contributed by atoms with Gasteiger partial charge >= 0.3 is 0 Å². The van der Waals surface area contributed by atoms with E-state index in [1.807, 2.05) is 0 Å². The third kappa shape index (κ3) is 0.607. The molecule has 0 aliphatic rings. The maximum Gasteiger partial charge on any atom is 0.0725 e. The molecule has 0 amide bonds. The van der Waals surface area contributed by atoms with Crippen LogP contribution in [0.15, 0.2) is 6.20 Å². The Morgan fingerprint density at radius 1 is 1.86 bits per heavy atom. The summed E-state index contributed by atoms with van der Waals surface area (Å²) in [6, 6.07) is 0. The lowest BCUT2D eigenvalue weighted by atomic mass is 10.6. The average molecular weight is 96.1 g/mol. The van der Waals surface area contributed by atoms with Crippen molar-refractivity contribution in [2.75, 3.05) is 0 Å². The molecule has 1 aromatic rings. The second-order valence-electron chi connectivity index (χ2n) is 1.35. The van der Waals surface area contributed by atoms with E-state index in [9.17, 15) is 0 Å². The lowest BCUT2D eigenvalue weighted by Crippen LogP contribution is -1.91. The van der Waals surface area contributed by atoms with Crippen LogP contribution in [0.25, 0.3) is 0 Å². The monoisotopic (exact) mass is 96.1 g/mol. The molecule has 7 heavy (non-hydrogen) atoms. The molecule has 0 fully saturated rings. The van der Waals surface area contributed by atoms with Gasteiger partial charge in [0.25, 0.3) is 0 Å². The maximum absolute atomic E-state index is 3.62. The number of hydrogen-bond donors (Lipinski definition) is 0. The Bertz CT molecular complexity index is 139. The van der Waals surface area contributed by atoms with Crippen LogP contribution < -0.4 is 0 Å². The number of nitrogens with zero attached hydrogens (tertiary/aromatic N) is 3. The fraction of sp³-hybridized carbons (Fsp3) is 0.250. The first kappa shape index (κ1) is 4.30. The SMILES string of the molecule is [CH2]c1cnnn1C. The van der Waals surface area contributed by atoms with E-state index in [2.05, 4.69) is 17.2 Å². The van der Waals surface area contributed by atoms with Gasteiger partial charge in [-0.25, -0.2) is 0 Å². The van der Waals surface area contributed by atoms with Crippen LogP contribution in [0.1, 0.15) is 5.69 Å². The minimum absolute atomic E-state index is 0.833. The lowest BCUT2D eigenvalue weighted by Gasteiger charge is -1.84. The highest BCUT2D eigenvalue weighted by atomic mass is 15.4. The van der Waals surface area contributed by atoms with Crippen LogP contribution in [-0.2, 0) is 7.05 Å². The Morgan fingerprint density at radius 3 is 2.71 bits per heavy atom. The summed E-state index contributed by atoms with van der Waals surface area (Å²) in [5, 5.41) is 7.19. The summed E-state index contributed by atoms with van der Waals surface area (Å²) < 4.78 is 1.61. The van der Waals surface area contributed by atoms with Crippen molar-refractivity contribution in [3.05, 3.63) is 18.8 Å². The van der Waals surface area contributed by atoms with Crippen LogP contribution >= 0.6 is 0 Å². The van der Waals surface area contributed by atoms with E-state index >= 15 is 0 Å². The summed E-state index contributed by atoms with van der Waals surface area (Å²) >= 11 is 0. The third-order valence-electron chi connectivity index (χ3n) is 0.808. The molecular formula is C4H6N3. The van der Waals surface area contributed by atoms with Gasteiger partial charge in [0.1, 0.15) is 0 Å². The molecule has 0 bridgehead atoms. The van der Waals surface area contributed by atoms with Gasteiger partial charge in [0.2, 0.25) is 0 Å². The third-order valence-corrected chi connectivity index (χ3v) is 0.808. The number of hydrogen-bond acceptors (Lipinski definition) is 2. The molecule has 0 aliphatic heterocycles. The second kappa shape index (κ2) is 1.33. The Balaban J connectivity index is 3.12. The minimum atomic E-state index is 0.833. The Labute approximate surface area is 42.0 Å². The van der Waals surface area contributed by atoms with Gasteiger partial charge in [-0.1, -0.05) is 5.21 Å². The van der Waals surface area contributed by atoms with Crippen molar-refractivity contribution in [2.24, 2.45) is 7.05 Å². The van der Waals surface area contributed by atoms with Crippen LogP contribution in [0.5, 0.6) is 0 Å². The van der Waals surface area contributed by atoms with Crippen molar-refractivity contribution >= 4 is 0 Å². The Morgan fingerprint density at radius 2 is 2.57 bits per heavy atom. The molecule has 0 saturated heterocycles. The van der Waals surface area contributed by atoms with E-state index in [0.717, 1.165) is 5.69 Å². The Hall–Kier alpha value is -0.860. The maximum atomic E-state index is 3.62. The average Bonchev–Trinajstić information content (AvgIpc) is 1.91. The van der Waals surface area contributed by atoms with E-state index in [4.69, 9.17) is 0 Å². The van der Waals surface area contributed by atoms with Crippen LogP contribution in [0.4, 0.5) is 0 Å². The van der Waals surface area contributed by atoms with Crippen molar-refractivity contribution < 1.29 is 0 Å². The fourth-order valence-corrected chi connectivity index (χ4v) is 0.311. The van der Waals surface area contributed by atoms with Gasteiger partial charge in [-0.05, 0) is 6.92 Å². The van der Waals surface area contributed by atoms with Crippen LogP contribution in [0, 0.1) is 6.92 Å². The Kier molecular flexibility index (Phi) is 0.817. The van der Waals surface area contributed by atoms with Crippen LogP contribution in [0.2, 0.25) is 0 Å². The molecule has 0 spiro atoms.